The minimum Gasteiger partial charge on any atom is -0.338 e. The summed E-state index contributed by atoms with van der Waals surface area (Å²) in [6, 6.07) is 17.1. The first-order chi connectivity index (χ1) is 12.6. The van der Waals surface area contributed by atoms with E-state index in [1.54, 1.807) is 48.5 Å². The van der Waals surface area contributed by atoms with Gasteiger partial charge in [-0.25, -0.2) is 0 Å². The average Bonchev–Trinajstić information content (AvgIpc) is 2.66. The molecule has 3 aromatic rings. The Balaban J connectivity index is 1.74. The molecule has 2 aromatic carbocycles. The topological polar surface area (TPSA) is 90.7 Å². The Labute approximate surface area is 159 Å². The van der Waals surface area contributed by atoms with E-state index in [-0.39, 0.29) is 10.7 Å². The number of amides is 1. The highest BCUT2D eigenvalue weighted by atomic mass is 35.5. The molecule has 8 heteroatoms. The first-order valence-corrected chi connectivity index (χ1v) is 8.19. The lowest BCUT2D eigenvalue weighted by molar-refractivity contribution is 0.102. The Kier molecular flexibility index (Phi) is 5.32. The zero-order valence-corrected chi connectivity index (χ0v) is 14.7. The van der Waals surface area contributed by atoms with Crippen molar-refractivity contribution >= 4 is 46.3 Å². The highest BCUT2D eigenvalue weighted by Gasteiger charge is 2.12. The van der Waals surface area contributed by atoms with Crippen LogP contribution in [-0.4, -0.2) is 16.1 Å². The lowest BCUT2D eigenvalue weighted by Gasteiger charge is -2.09. The van der Waals surface area contributed by atoms with Gasteiger partial charge in [-0.15, -0.1) is 10.2 Å². The average molecular weight is 384 g/mol. The highest BCUT2D eigenvalue weighted by molar-refractivity contribution is 6.44. The van der Waals surface area contributed by atoms with Gasteiger partial charge in [-0.1, -0.05) is 41.4 Å². The molecule has 2 N–H and O–H groups in total. The van der Waals surface area contributed by atoms with E-state index in [1.165, 1.54) is 6.07 Å². The fourth-order valence-electron chi connectivity index (χ4n) is 2.13. The second kappa shape index (κ2) is 7.83. The number of halogens is 2. The van der Waals surface area contributed by atoms with Crippen molar-refractivity contribution < 1.29 is 4.79 Å². The first-order valence-electron chi connectivity index (χ1n) is 7.43. The molecular formula is C18H11Cl2N5O. The van der Waals surface area contributed by atoms with E-state index in [4.69, 9.17) is 28.5 Å². The standard InChI is InChI=1S/C18H11Cl2N5O/c19-12-5-3-7-14(17(12)20)23-18(26)15-8-9-16(25-24-15)22-13-6-2-1-4-11(13)10-21/h1-9H,(H,22,25)(H,23,26). The molecule has 1 heterocycles. The Morgan fingerprint density at radius 2 is 1.73 bits per heavy atom. The number of nitrogens with zero attached hydrogens (tertiary/aromatic N) is 3. The highest BCUT2D eigenvalue weighted by Crippen LogP contribution is 2.29. The number of rotatable bonds is 4. The van der Waals surface area contributed by atoms with E-state index in [0.717, 1.165) is 0 Å². The molecule has 0 aliphatic heterocycles. The van der Waals surface area contributed by atoms with Crippen molar-refractivity contribution in [1.29, 1.82) is 5.26 Å². The van der Waals surface area contributed by atoms with Crippen molar-refractivity contribution in [2.24, 2.45) is 0 Å². The molecule has 128 valence electrons. The third-order valence-corrected chi connectivity index (χ3v) is 4.23. The van der Waals surface area contributed by atoms with Gasteiger partial charge in [-0.3, -0.25) is 4.79 Å². The molecule has 0 bridgehead atoms. The van der Waals surface area contributed by atoms with Gasteiger partial charge in [-0.2, -0.15) is 5.26 Å². The minimum absolute atomic E-state index is 0.111. The summed E-state index contributed by atoms with van der Waals surface area (Å²) in [5.41, 5.74) is 1.58. The van der Waals surface area contributed by atoms with Gasteiger partial charge in [0.05, 0.1) is 27.0 Å². The van der Waals surface area contributed by atoms with Crippen LogP contribution in [0.4, 0.5) is 17.2 Å². The van der Waals surface area contributed by atoms with Gasteiger partial charge in [0.25, 0.3) is 5.91 Å². The van der Waals surface area contributed by atoms with Crippen molar-refractivity contribution in [1.82, 2.24) is 10.2 Å². The number of nitriles is 1. The van der Waals surface area contributed by atoms with E-state index < -0.39 is 5.91 Å². The Morgan fingerprint density at radius 3 is 2.46 bits per heavy atom. The predicted octanol–water partition coefficient (Wildman–Crippen LogP) is 4.65. The number of benzene rings is 2. The van der Waals surface area contributed by atoms with Crippen LogP contribution in [0.25, 0.3) is 0 Å². The SMILES string of the molecule is N#Cc1ccccc1Nc1ccc(C(=O)Nc2cccc(Cl)c2Cl)nn1. The molecular weight excluding hydrogens is 373 g/mol. The summed E-state index contributed by atoms with van der Waals surface area (Å²) in [5.74, 6) is -0.0596. The molecule has 0 saturated carbocycles. The van der Waals surface area contributed by atoms with Gasteiger partial charge in [-0.05, 0) is 36.4 Å². The third-order valence-electron chi connectivity index (χ3n) is 3.41. The van der Waals surface area contributed by atoms with E-state index in [1.807, 2.05) is 0 Å². The minimum atomic E-state index is -0.467. The van der Waals surface area contributed by atoms with Crippen molar-refractivity contribution in [2.75, 3.05) is 10.6 Å². The fraction of sp³-hybridized carbons (Fsp3) is 0. The van der Waals surface area contributed by atoms with Crippen molar-refractivity contribution in [3.8, 4) is 6.07 Å². The van der Waals surface area contributed by atoms with Crippen LogP contribution in [0.3, 0.4) is 0 Å². The molecule has 0 aliphatic carbocycles. The first kappa shape index (κ1) is 17.7. The second-order valence-electron chi connectivity index (χ2n) is 5.14. The van der Waals surface area contributed by atoms with Crippen LogP contribution in [0.2, 0.25) is 10.0 Å². The van der Waals surface area contributed by atoms with Crippen LogP contribution in [0.5, 0.6) is 0 Å². The molecule has 6 nitrogen and oxygen atoms in total. The maximum Gasteiger partial charge on any atom is 0.276 e. The molecule has 1 aromatic heterocycles. The van der Waals surface area contributed by atoms with Gasteiger partial charge in [0, 0.05) is 0 Å². The molecule has 0 aliphatic rings. The van der Waals surface area contributed by atoms with Crippen LogP contribution in [-0.2, 0) is 0 Å². The van der Waals surface area contributed by atoms with Crippen LogP contribution in [0, 0.1) is 11.3 Å². The fourth-order valence-corrected chi connectivity index (χ4v) is 2.48. The van der Waals surface area contributed by atoms with Crippen LogP contribution < -0.4 is 10.6 Å². The number of para-hydroxylation sites is 1. The van der Waals surface area contributed by atoms with Crippen LogP contribution in [0.1, 0.15) is 16.1 Å². The summed E-state index contributed by atoms with van der Waals surface area (Å²) in [6.07, 6.45) is 0. The normalized spacial score (nSPS) is 10.0. The van der Waals surface area contributed by atoms with E-state index in [2.05, 4.69) is 26.9 Å². The van der Waals surface area contributed by atoms with Gasteiger partial charge in [0.15, 0.2) is 11.5 Å². The Morgan fingerprint density at radius 1 is 0.962 bits per heavy atom. The summed E-state index contributed by atoms with van der Waals surface area (Å²) < 4.78 is 0. The van der Waals surface area contributed by atoms with Crippen molar-refractivity contribution in [3.63, 3.8) is 0 Å². The molecule has 1 amide bonds. The predicted molar refractivity (Wildman–Crippen MR) is 101 cm³/mol. The Bertz CT molecular complexity index is 999. The molecule has 26 heavy (non-hydrogen) atoms. The molecule has 0 spiro atoms. The maximum absolute atomic E-state index is 12.3. The second-order valence-corrected chi connectivity index (χ2v) is 5.93. The lowest BCUT2D eigenvalue weighted by Crippen LogP contribution is -2.15. The quantitative estimate of drug-likeness (QED) is 0.683. The van der Waals surface area contributed by atoms with Crippen molar-refractivity contribution in [3.05, 3.63) is 75.9 Å². The van der Waals surface area contributed by atoms with E-state index >= 15 is 0 Å². The largest absolute Gasteiger partial charge is 0.338 e. The molecule has 0 saturated heterocycles. The maximum atomic E-state index is 12.3. The molecule has 0 atom stereocenters. The number of nitrogens with one attached hydrogen (secondary N) is 2. The van der Waals surface area contributed by atoms with Gasteiger partial charge < -0.3 is 10.6 Å². The summed E-state index contributed by atoms with van der Waals surface area (Å²) in [6.45, 7) is 0. The van der Waals surface area contributed by atoms with Gasteiger partial charge >= 0.3 is 0 Å². The number of hydrogen-bond donors (Lipinski definition) is 2. The third kappa shape index (κ3) is 3.91. The number of anilines is 3. The lowest BCUT2D eigenvalue weighted by atomic mass is 10.2. The van der Waals surface area contributed by atoms with Crippen molar-refractivity contribution in [2.45, 2.75) is 0 Å². The zero-order valence-electron chi connectivity index (χ0n) is 13.2. The summed E-state index contributed by atoms with van der Waals surface area (Å²) >= 11 is 12.0. The van der Waals surface area contributed by atoms with Gasteiger partial charge in [0.2, 0.25) is 0 Å². The number of carbonyl (C=O) groups excluding carboxylic acids is 1. The summed E-state index contributed by atoms with van der Waals surface area (Å²) in [7, 11) is 0. The molecule has 3 rings (SSSR count). The van der Waals surface area contributed by atoms with E-state index in [9.17, 15) is 4.79 Å². The van der Waals surface area contributed by atoms with Crippen LogP contribution >= 0.6 is 23.2 Å². The summed E-state index contributed by atoms with van der Waals surface area (Å²) in [5, 5.41) is 23.2. The number of hydrogen-bond acceptors (Lipinski definition) is 5. The van der Waals surface area contributed by atoms with Crippen LogP contribution in [0.15, 0.2) is 54.6 Å². The smallest absolute Gasteiger partial charge is 0.276 e. The van der Waals surface area contributed by atoms with Gasteiger partial charge in [0.1, 0.15) is 6.07 Å². The molecule has 0 radical (unpaired) electrons. The molecule has 0 fully saturated rings. The zero-order chi connectivity index (χ0) is 18.5. The number of aromatic nitrogens is 2. The monoisotopic (exact) mass is 383 g/mol. The summed E-state index contributed by atoms with van der Waals surface area (Å²) in [4.78, 5) is 12.3. The number of carbonyl (C=O) groups is 1. The Hall–Kier alpha value is -3.14. The van der Waals surface area contributed by atoms with E-state index in [0.29, 0.717) is 27.8 Å². The molecule has 0 unspecified atom stereocenters.